The summed E-state index contributed by atoms with van der Waals surface area (Å²) >= 11 is 0. The van der Waals surface area contributed by atoms with Gasteiger partial charge in [-0.05, 0) is 38.5 Å². The van der Waals surface area contributed by atoms with Crippen LogP contribution in [-0.4, -0.2) is 12.7 Å². The van der Waals surface area contributed by atoms with Crippen molar-refractivity contribution in [1.82, 2.24) is 0 Å². The van der Waals surface area contributed by atoms with Crippen LogP contribution in [0.2, 0.25) is 0 Å². The van der Waals surface area contributed by atoms with Gasteiger partial charge in [-0.3, -0.25) is 0 Å². The minimum absolute atomic E-state index is 0.459. The summed E-state index contributed by atoms with van der Waals surface area (Å²) < 4.78 is 5.56. The van der Waals surface area contributed by atoms with Crippen molar-refractivity contribution < 1.29 is 4.74 Å². The third-order valence-corrected chi connectivity index (χ3v) is 2.84. The lowest BCUT2D eigenvalue weighted by Crippen LogP contribution is -2.07. The third-order valence-electron chi connectivity index (χ3n) is 2.84. The standard InChI is InChI=1S/C10H16O/c1-2-11-10-6-8-4-3-5-9(8)7-10/h6,9-10H,2-5,7H2,1H3. The Balaban J connectivity index is 1.96. The molecule has 0 aliphatic heterocycles. The first kappa shape index (κ1) is 7.35. The molecule has 0 radical (unpaired) electrons. The maximum atomic E-state index is 5.56. The minimum Gasteiger partial charge on any atom is -0.374 e. The van der Waals surface area contributed by atoms with E-state index in [4.69, 9.17) is 4.74 Å². The predicted molar refractivity (Wildman–Crippen MR) is 45.5 cm³/mol. The van der Waals surface area contributed by atoms with Crippen molar-refractivity contribution in [1.29, 1.82) is 0 Å². The first-order valence-corrected chi connectivity index (χ1v) is 4.72. The molecule has 0 bridgehead atoms. The smallest absolute Gasteiger partial charge is 0.0764 e. The molecule has 0 aromatic carbocycles. The Bertz CT molecular complexity index is 172. The van der Waals surface area contributed by atoms with Crippen LogP contribution in [0.3, 0.4) is 0 Å². The van der Waals surface area contributed by atoms with Crippen molar-refractivity contribution in [2.45, 2.75) is 38.7 Å². The number of hydrogen-bond donors (Lipinski definition) is 0. The molecule has 0 N–H and O–H groups in total. The molecule has 2 aliphatic rings. The fourth-order valence-electron chi connectivity index (χ4n) is 2.35. The van der Waals surface area contributed by atoms with E-state index in [1.807, 2.05) is 0 Å². The number of allylic oxidation sites excluding steroid dienone is 1. The lowest BCUT2D eigenvalue weighted by atomic mass is 10.1. The van der Waals surface area contributed by atoms with Gasteiger partial charge in [0.1, 0.15) is 0 Å². The molecule has 2 aliphatic carbocycles. The van der Waals surface area contributed by atoms with E-state index in [1.54, 1.807) is 5.57 Å². The highest BCUT2D eigenvalue weighted by Crippen LogP contribution is 2.40. The highest BCUT2D eigenvalue weighted by molar-refractivity contribution is 5.19. The normalized spacial score (nSPS) is 35.5. The Labute approximate surface area is 68.4 Å². The third kappa shape index (κ3) is 1.34. The van der Waals surface area contributed by atoms with Crippen molar-refractivity contribution in [3.05, 3.63) is 11.6 Å². The van der Waals surface area contributed by atoms with Crippen molar-refractivity contribution in [2.75, 3.05) is 6.61 Å². The Morgan fingerprint density at radius 1 is 1.64 bits per heavy atom. The number of rotatable bonds is 2. The first-order chi connectivity index (χ1) is 5.40. The monoisotopic (exact) mass is 152 g/mol. The summed E-state index contributed by atoms with van der Waals surface area (Å²) in [5.41, 5.74) is 1.68. The second kappa shape index (κ2) is 2.98. The number of ether oxygens (including phenoxy) is 1. The maximum Gasteiger partial charge on any atom is 0.0764 e. The van der Waals surface area contributed by atoms with E-state index >= 15 is 0 Å². The Morgan fingerprint density at radius 2 is 2.55 bits per heavy atom. The highest BCUT2D eigenvalue weighted by atomic mass is 16.5. The van der Waals surface area contributed by atoms with Crippen molar-refractivity contribution in [3.63, 3.8) is 0 Å². The molecule has 0 saturated heterocycles. The summed E-state index contributed by atoms with van der Waals surface area (Å²) in [7, 11) is 0. The first-order valence-electron chi connectivity index (χ1n) is 4.72. The summed E-state index contributed by atoms with van der Waals surface area (Å²) in [6.07, 6.45) is 8.25. The molecule has 0 aromatic heterocycles. The van der Waals surface area contributed by atoms with Gasteiger partial charge in [-0.15, -0.1) is 0 Å². The van der Waals surface area contributed by atoms with Crippen LogP contribution in [0.5, 0.6) is 0 Å². The van der Waals surface area contributed by atoms with Gasteiger partial charge in [0, 0.05) is 6.61 Å². The zero-order valence-electron chi connectivity index (χ0n) is 7.18. The summed E-state index contributed by atoms with van der Waals surface area (Å²) in [5.74, 6) is 0.895. The molecule has 1 heteroatoms. The van der Waals surface area contributed by atoms with E-state index in [0.717, 1.165) is 12.5 Å². The summed E-state index contributed by atoms with van der Waals surface area (Å²) in [4.78, 5) is 0. The fourth-order valence-corrected chi connectivity index (χ4v) is 2.35. The second-order valence-corrected chi connectivity index (χ2v) is 3.56. The lowest BCUT2D eigenvalue weighted by molar-refractivity contribution is 0.0897. The molecule has 0 heterocycles. The van der Waals surface area contributed by atoms with Crippen LogP contribution in [-0.2, 0) is 4.74 Å². The largest absolute Gasteiger partial charge is 0.374 e. The Hall–Kier alpha value is -0.300. The predicted octanol–water partition coefficient (Wildman–Crippen LogP) is 2.52. The Kier molecular flexibility index (Phi) is 1.99. The van der Waals surface area contributed by atoms with Crippen LogP contribution in [0.1, 0.15) is 32.6 Å². The molecule has 11 heavy (non-hydrogen) atoms. The average Bonchev–Trinajstić information content (AvgIpc) is 2.46. The van der Waals surface area contributed by atoms with Crippen LogP contribution in [0, 0.1) is 5.92 Å². The molecule has 0 spiro atoms. The van der Waals surface area contributed by atoms with Crippen LogP contribution >= 0.6 is 0 Å². The molecule has 2 unspecified atom stereocenters. The molecule has 2 atom stereocenters. The summed E-state index contributed by atoms with van der Waals surface area (Å²) in [6, 6.07) is 0. The van der Waals surface area contributed by atoms with Gasteiger partial charge in [0.2, 0.25) is 0 Å². The van der Waals surface area contributed by atoms with Gasteiger partial charge >= 0.3 is 0 Å². The van der Waals surface area contributed by atoms with Crippen molar-refractivity contribution in [3.8, 4) is 0 Å². The van der Waals surface area contributed by atoms with Gasteiger partial charge in [-0.2, -0.15) is 0 Å². The number of hydrogen-bond acceptors (Lipinski definition) is 1. The second-order valence-electron chi connectivity index (χ2n) is 3.56. The molecule has 0 aromatic rings. The van der Waals surface area contributed by atoms with E-state index in [2.05, 4.69) is 13.0 Å². The molecule has 2 rings (SSSR count). The van der Waals surface area contributed by atoms with Gasteiger partial charge < -0.3 is 4.74 Å². The van der Waals surface area contributed by atoms with E-state index in [1.165, 1.54) is 25.7 Å². The van der Waals surface area contributed by atoms with Crippen LogP contribution in [0.15, 0.2) is 11.6 Å². The Morgan fingerprint density at radius 3 is 3.27 bits per heavy atom. The lowest BCUT2D eigenvalue weighted by Gasteiger charge is -2.09. The van der Waals surface area contributed by atoms with Gasteiger partial charge in [0.25, 0.3) is 0 Å². The highest BCUT2D eigenvalue weighted by Gasteiger charge is 2.29. The van der Waals surface area contributed by atoms with E-state index in [9.17, 15) is 0 Å². The van der Waals surface area contributed by atoms with Gasteiger partial charge in [0.15, 0.2) is 0 Å². The fraction of sp³-hybridized carbons (Fsp3) is 0.800. The van der Waals surface area contributed by atoms with Gasteiger partial charge in [0.05, 0.1) is 6.10 Å². The molecule has 0 amide bonds. The van der Waals surface area contributed by atoms with Crippen LogP contribution < -0.4 is 0 Å². The van der Waals surface area contributed by atoms with Gasteiger partial charge in [-0.25, -0.2) is 0 Å². The van der Waals surface area contributed by atoms with E-state index in [0.29, 0.717) is 6.10 Å². The van der Waals surface area contributed by atoms with Crippen molar-refractivity contribution >= 4 is 0 Å². The molecule has 1 saturated carbocycles. The molecule has 1 fully saturated rings. The average molecular weight is 152 g/mol. The van der Waals surface area contributed by atoms with Crippen molar-refractivity contribution in [2.24, 2.45) is 5.92 Å². The van der Waals surface area contributed by atoms with E-state index < -0.39 is 0 Å². The van der Waals surface area contributed by atoms with E-state index in [-0.39, 0.29) is 0 Å². The quantitative estimate of drug-likeness (QED) is 0.552. The summed E-state index contributed by atoms with van der Waals surface area (Å²) in [5, 5.41) is 0. The minimum atomic E-state index is 0.459. The van der Waals surface area contributed by atoms with Gasteiger partial charge in [-0.1, -0.05) is 11.6 Å². The zero-order chi connectivity index (χ0) is 7.68. The zero-order valence-corrected chi connectivity index (χ0v) is 7.18. The maximum absolute atomic E-state index is 5.56. The topological polar surface area (TPSA) is 9.23 Å². The molecular formula is C10H16O. The van der Waals surface area contributed by atoms with Crippen LogP contribution in [0.4, 0.5) is 0 Å². The number of fused-ring (bicyclic) bond motifs is 1. The molecule has 1 nitrogen and oxygen atoms in total. The SMILES string of the molecule is CCOC1C=C2CCCC2C1. The summed E-state index contributed by atoms with van der Waals surface area (Å²) in [6.45, 7) is 2.94. The molecule has 62 valence electrons. The van der Waals surface area contributed by atoms with Crippen LogP contribution in [0.25, 0.3) is 0 Å². The molecular weight excluding hydrogens is 136 g/mol.